The number of methoxy groups -OCH3 is 1. The molecule has 5 rings (SSSR count). The van der Waals surface area contributed by atoms with E-state index < -0.39 is 29.2 Å². The molecule has 2 aromatic carbocycles. The lowest BCUT2D eigenvalue weighted by Gasteiger charge is -2.40. The Labute approximate surface area is 237 Å². The molecule has 7 nitrogen and oxygen atoms in total. The molecular weight excluding hydrogens is 533 g/mol. The Morgan fingerprint density at radius 2 is 1.90 bits per heavy atom. The molecule has 3 aromatic rings. The molecule has 0 spiro atoms. The maximum absolute atomic E-state index is 16.4. The molecule has 0 saturated heterocycles. The maximum Gasteiger partial charge on any atom is 0.257 e. The standard InChI is InChI=1S/C31H31ClFN3O4/c1-3-30(39,20-7-12-25(37)13-8-20)22-14-26-28(27(33)15-22)31(40-2,21-5-9-23(32)10-6-21)36(29(26)38)18-24-11-4-19(16-34)17-35-24/h4-6,9-11,14-15,17,20,25,37,39H,3,7-8,12-13,18H2,1-2H3/t20?,25?,30?,31-/m1/s1. The van der Waals surface area contributed by atoms with Crippen molar-refractivity contribution in [3.05, 3.63) is 99.1 Å². The minimum atomic E-state index is -1.63. The van der Waals surface area contributed by atoms with Gasteiger partial charge in [0.05, 0.1) is 40.6 Å². The van der Waals surface area contributed by atoms with Crippen molar-refractivity contribution < 1.29 is 24.1 Å². The van der Waals surface area contributed by atoms with E-state index in [1.54, 1.807) is 42.5 Å². The summed E-state index contributed by atoms with van der Waals surface area (Å²) in [6, 6.07) is 14.9. The highest BCUT2D eigenvalue weighted by molar-refractivity contribution is 6.30. The van der Waals surface area contributed by atoms with Gasteiger partial charge in [-0.2, -0.15) is 5.26 Å². The third-order valence-corrected chi connectivity index (χ3v) is 8.75. The fourth-order valence-corrected chi connectivity index (χ4v) is 6.44. The van der Waals surface area contributed by atoms with Crippen LogP contribution >= 0.6 is 11.6 Å². The molecule has 208 valence electrons. The van der Waals surface area contributed by atoms with E-state index in [2.05, 4.69) is 4.98 Å². The number of fused-ring (bicyclic) bond motifs is 1. The van der Waals surface area contributed by atoms with E-state index in [-0.39, 0.29) is 23.6 Å². The van der Waals surface area contributed by atoms with Crippen LogP contribution in [0.1, 0.15) is 77.3 Å². The second kappa shape index (κ2) is 10.9. The highest BCUT2D eigenvalue weighted by atomic mass is 35.5. The quantitative estimate of drug-likeness (QED) is 0.399. The van der Waals surface area contributed by atoms with Crippen LogP contribution in [0, 0.1) is 23.1 Å². The molecule has 1 aliphatic heterocycles. The second-order valence-electron chi connectivity index (χ2n) is 10.6. The molecule has 1 saturated carbocycles. The summed E-state index contributed by atoms with van der Waals surface area (Å²) < 4.78 is 22.5. The Morgan fingerprint density at radius 1 is 1.20 bits per heavy atom. The first-order chi connectivity index (χ1) is 19.2. The zero-order valence-corrected chi connectivity index (χ0v) is 23.2. The molecule has 0 radical (unpaired) electrons. The Hall–Kier alpha value is -3.35. The Kier molecular flexibility index (Phi) is 7.68. The van der Waals surface area contributed by atoms with Crippen LogP contribution in [-0.4, -0.2) is 39.2 Å². The molecule has 1 fully saturated rings. The number of halogens is 2. The van der Waals surface area contributed by atoms with Gasteiger partial charge in [0, 0.05) is 23.9 Å². The average Bonchev–Trinajstić information content (AvgIpc) is 3.22. The number of benzene rings is 2. The second-order valence-corrected chi connectivity index (χ2v) is 11.0. The smallest absolute Gasteiger partial charge is 0.257 e. The molecule has 2 N–H and O–H groups in total. The highest BCUT2D eigenvalue weighted by Crippen LogP contribution is 2.50. The predicted octanol–water partition coefficient (Wildman–Crippen LogP) is 5.40. The van der Waals surface area contributed by atoms with Crippen LogP contribution in [0.15, 0.2) is 54.7 Å². The fraction of sp³-hybridized carbons (Fsp3) is 0.387. The molecular formula is C31H31ClFN3O4. The largest absolute Gasteiger partial charge is 0.393 e. The van der Waals surface area contributed by atoms with E-state index in [1.807, 2.05) is 13.0 Å². The summed E-state index contributed by atoms with van der Waals surface area (Å²) in [5.41, 5.74) is -1.15. The summed E-state index contributed by atoms with van der Waals surface area (Å²) in [5.74, 6) is -1.33. The van der Waals surface area contributed by atoms with E-state index in [4.69, 9.17) is 21.6 Å². The lowest BCUT2D eigenvalue weighted by Crippen LogP contribution is -2.46. The maximum atomic E-state index is 16.4. The Balaban J connectivity index is 1.66. The van der Waals surface area contributed by atoms with Crippen molar-refractivity contribution in [3.8, 4) is 6.07 Å². The molecule has 2 aliphatic rings. The summed E-state index contributed by atoms with van der Waals surface area (Å²) in [7, 11) is 1.42. The fourth-order valence-electron chi connectivity index (χ4n) is 6.31. The van der Waals surface area contributed by atoms with Gasteiger partial charge in [-0.3, -0.25) is 14.7 Å². The Morgan fingerprint density at radius 3 is 2.48 bits per heavy atom. The summed E-state index contributed by atoms with van der Waals surface area (Å²) in [4.78, 5) is 19.9. The van der Waals surface area contributed by atoms with E-state index in [1.165, 1.54) is 24.3 Å². The number of hydrogen-bond donors (Lipinski definition) is 2. The number of carbonyl (C=O) groups excluding carboxylic acids is 1. The number of pyridine rings is 1. The zero-order chi connectivity index (χ0) is 28.7. The van der Waals surface area contributed by atoms with Crippen molar-refractivity contribution in [1.82, 2.24) is 9.88 Å². The third kappa shape index (κ3) is 4.57. The first kappa shape index (κ1) is 28.2. The van der Waals surface area contributed by atoms with Gasteiger partial charge in [0.2, 0.25) is 0 Å². The van der Waals surface area contributed by atoms with Crippen LogP contribution in [-0.2, 0) is 22.6 Å². The normalized spacial score (nSPS) is 23.9. The number of amides is 1. The predicted molar refractivity (Wildman–Crippen MR) is 147 cm³/mol. The van der Waals surface area contributed by atoms with Crippen molar-refractivity contribution in [2.45, 2.75) is 63.0 Å². The van der Waals surface area contributed by atoms with Crippen LogP contribution in [0.5, 0.6) is 0 Å². The molecule has 1 amide bonds. The minimum absolute atomic E-state index is 0.0248. The summed E-state index contributed by atoms with van der Waals surface area (Å²) >= 11 is 6.16. The van der Waals surface area contributed by atoms with Gasteiger partial charge >= 0.3 is 0 Å². The van der Waals surface area contributed by atoms with Gasteiger partial charge in [-0.1, -0.05) is 30.7 Å². The van der Waals surface area contributed by atoms with Gasteiger partial charge in [0.25, 0.3) is 5.91 Å². The van der Waals surface area contributed by atoms with E-state index >= 15 is 4.39 Å². The summed E-state index contributed by atoms with van der Waals surface area (Å²) in [6.45, 7) is 1.82. The van der Waals surface area contributed by atoms with Crippen LogP contribution in [0.2, 0.25) is 5.02 Å². The first-order valence-electron chi connectivity index (χ1n) is 13.4. The minimum Gasteiger partial charge on any atom is -0.393 e. The molecule has 40 heavy (non-hydrogen) atoms. The SMILES string of the molecule is CCC(O)(c1cc(F)c2c(c1)C(=O)N(Cc1ccc(C#N)cn1)[C@@]2(OC)c1ccc(Cl)cc1)C1CCC(O)CC1. The number of rotatable bonds is 7. The van der Waals surface area contributed by atoms with Crippen molar-refractivity contribution in [1.29, 1.82) is 5.26 Å². The van der Waals surface area contributed by atoms with E-state index in [9.17, 15) is 15.0 Å². The number of hydrogen-bond acceptors (Lipinski definition) is 6. The monoisotopic (exact) mass is 563 g/mol. The van der Waals surface area contributed by atoms with E-state index in [0.29, 0.717) is 59.5 Å². The molecule has 1 unspecified atom stereocenters. The molecule has 9 heteroatoms. The molecule has 2 heterocycles. The third-order valence-electron chi connectivity index (χ3n) is 8.50. The van der Waals surface area contributed by atoms with Gasteiger partial charge in [-0.05, 0) is 80.0 Å². The van der Waals surface area contributed by atoms with Gasteiger partial charge in [0.15, 0.2) is 5.72 Å². The topological polar surface area (TPSA) is 107 Å². The van der Waals surface area contributed by atoms with Crippen LogP contribution in [0.3, 0.4) is 0 Å². The Bertz CT molecular complexity index is 1450. The first-order valence-corrected chi connectivity index (χ1v) is 13.8. The molecule has 1 aliphatic carbocycles. The average molecular weight is 564 g/mol. The van der Waals surface area contributed by atoms with Crippen molar-refractivity contribution in [2.75, 3.05) is 7.11 Å². The highest BCUT2D eigenvalue weighted by Gasteiger charge is 2.54. The van der Waals surface area contributed by atoms with Crippen LogP contribution in [0.25, 0.3) is 0 Å². The summed E-state index contributed by atoms with van der Waals surface area (Å²) in [6.07, 6.45) is 3.67. The van der Waals surface area contributed by atoms with Crippen molar-refractivity contribution in [2.24, 2.45) is 5.92 Å². The van der Waals surface area contributed by atoms with Gasteiger partial charge in [-0.25, -0.2) is 4.39 Å². The van der Waals surface area contributed by atoms with Crippen molar-refractivity contribution in [3.63, 3.8) is 0 Å². The van der Waals surface area contributed by atoms with Gasteiger partial charge < -0.3 is 14.9 Å². The number of carbonyl (C=O) groups is 1. The molecule has 1 aromatic heterocycles. The molecule has 2 atom stereocenters. The van der Waals surface area contributed by atoms with Crippen molar-refractivity contribution >= 4 is 17.5 Å². The lowest BCUT2D eigenvalue weighted by molar-refractivity contribution is -0.0886. The number of aromatic nitrogens is 1. The lowest BCUT2D eigenvalue weighted by atomic mass is 9.71. The zero-order valence-electron chi connectivity index (χ0n) is 22.4. The molecule has 0 bridgehead atoms. The van der Waals surface area contributed by atoms with Crippen LogP contribution in [0.4, 0.5) is 4.39 Å². The van der Waals surface area contributed by atoms with E-state index in [0.717, 1.165) is 0 Å². The number of nitrogens with zero attached hydrogens (tertiary/aromatic N) is 3. The van der Waals surface area contributed by atoms with Gasteiger partial charge in [0.1, 0.15) is 11.9 Å². The number of aliphatic hydroxyl groups excluding tert-OH is 1. The number of nitriles is 1. The number of aliphatic hydroxyl groups is 2. The van der Waals surface area contributed by atoms with Crippen LogP contribution < -0.4 is 0 Å². The number of ether oxygens (including phenoxy) is 1. The summed E-state index contributed by atoms with van der Waals surface area (Å²) in [5, 5.41) is 31.5. The van der Waals surface area contributed by atoms with Gasteiger partial charge in [-0.15, -0.1) is 0 Å².